The highest BCUT2D eigenvalue weighted by atomic mass is 79.9. The fourth-order valence-corrected chi connectivity index (χ4v) is 4.42. The van der Waals surface area contributed by atoms with Crippen LogP contribution in [0.2, 0.25) is 0 Å². The van der Waals surface area contributed by atoms with E-state index in [-0.39, 0.29) is 11.9 Å². The van der Waals surface area contributed by atoms with Crippen LogP contribution in [0.15, 0.2) is 59.2 Å². The molecule has 5 heteroatoms. The van der Waals surface area contributed by atoms with Gasteiger partial charge in [-0.3, -0.25) is 4.79 Å². The number of anilines is 1. The Labute approximate surface area is 168 Å². The molecule has 0 saturated carbocycles. The largest absolute Gasteiger partial charge is 0.368 e. The van der Waals surface area contributed by atoms with Gasteiger partial charge in [0.05, 0.1) is 5.69 Å². The zero-order valence-corrected chi connectivity index (χ0v) is 16.8. The number of carbonyl (C=O) groups excluding carboxylic acids is 1. The van der Waals surface area contributed by atoms with Crippen molar-refractivity contribution >= 4 is 38.4 Å². The lowest BCUT2D eigenvalue weighted by Crippen LogP contribution is -2.37. The Kier molecular flexibility index (Phi) is 5.48. The van der Waals surface area contributed by atoms with Crippen LogP contribution in [0, 0.1) is 0 Å². The van der Waals surface area contributed by atoms with Gasteiger partial charge in [-0.15, -0.1) is 0 Å². The highest BCUT2D eigenvalue weighted by Gasteiger charge is 2.24. The van der Waals surface area contributed by atoms with E-state index in [0.29, 0.717) is 6.42 Å². The molecular formula is C22H24BrN3O. The summed E-state index contributed by atoms with van der Waals surface area (Å²) in [7, 11) is 0. The summed E-state index contributed by atoms with van der Waals surface area (Å²) in [6.45, 7) is 1.85. The Morgan fingerprint density at radius 1 is 1.19 bits per heavy atom. The van der Waals surface area contributed by atoms with Crippen molar-refractivity contribution in [2.45, 2.75) is 31.7 Å². The number of carbonyl (C=O) groups is 1. The lowest BCUT2D eigenvalue weighted by molar-refractivity contribution is -0.121. The summed E-state index contributed by atoms with van der Waals surface area (Å²) in [5.41, 5.74) is 3.66. The molecule has 0 bridgehead atoms. The number of H-pyrrole nitrogens is 1. The van der Waals surface area contributed by atoms with E-state index in [0.717, 1.165) is 42.3 Å². The fraction of sp³-hybridized carbons (Fsp3) is 0.318. The molecule has 4 nitrogen and oxygen atoms in total. The van der Waals surface area contributed by atoms with E-state index in [2.05, 4.69) is 73.7 Å². The summed E-state index contributed by atoms with van der Waals surface area (Å²) in [5.74, 6) is 0.161. The maximum atomic E-state index is 12.4. The zero-order valence-electron chi connectivity index (χ0n) is 15.2. The van der Waals surface area contributed by atoms with Crippen molar-refractivity contribution < 1.29 is 4.79 Å². The molecule has 1 atom stereocenters. The molecule has 2 N–H and O–H groups in total. The number of aromatic amines is 1. The lowest BCUT2D eigenvalue weighted by atomic mass is 10.1. The van der Waals surface area contributed by atoms with Crippen molar-refractivity contribution in [2.24, 2.45) is 0 Å². The second-order valence-corrected chi connectivity index (χ2v) is 8.02. The smallest absolute Gasteiger partial charge is 0.220 e. The van der Waals surface area contributed by atoms with Gasteiger partial charge < -0.3 is 15.2 Å². The van der Waals surface area contributed by atoms with Crippen LogP contribution in [-0.4, -0.2) is 30.0 Å². The van der Waals surface area contributed by atoms with Gasteiger partial charge in [-0.05, 0) is 59.0 Å². The first kappa shape index (κ1) is 18.1. The number of aromatic nitrogens is 1. The molecule has 1 aliphatic heterocycles. The van der Waals surface area contributed by atoms with E-state index in [4.69, 9.17) is 0 Å². The number of rotatable bonds is 6. The van der Waals surface area contributed by atoms with Crippen molar-refractivity contribution in [3.63, 3.8) is 0 Å². The van der Waals surface area contributed by atoms with Crippen LogP contribution < -0.4 is 10.2 Å². The molecule has 4 rings (SSSR count). The summed E-state index contributed by atoms with van der Waals surface area (Å²) < 4.78 is 1.11. The van der Waals surface area contributed by atoms with E-state index in [1.54, 1.807) is 0 Å². The summed E-state index contributed by atoms with van der Waals surface area (Å²) in [6.07, 6.45) is 5.43. The second-order valence-electron chi connectivity index (χ2n) is 7.16. The van der Waals surface area contributed by atoms with Gasteiger partial charge >= 0.3 is 0 Å². The fourth-order valence-electron chi connectivity index (χ4n) is 3.88. The van der Waals surface area contributed by atoms with Gasteiger partial charge in [-0.25, -0.2) is 0 Å². The van der Waals surface area contributed by atoms with Crippen LogP contribution in [0.3, 0.4) is 0 Å². The van der Waals surface area contributed by atoms with Crippen molar-refractivity contribution in [2.75, 3.05) is 18.0 Å². The highest BCUT2D eigenvalue weighted by Crippen LogP contribution is 2.28. The Morgan fingerprint density at radius 3 is 2.89 bits per heavy atom. The number of amides is 1. The molecule has 140 valence electrons. The van der Waals surface area contributed by atoms with Crippen LogP contribution in [0.1, 0.15) is 24.8 Å². The summed E-state index contributed by atoms with van der Waals surface area (Å²) in [5, 5.41) is 4.47. The third-order valence-electron chi connectivity index (χ3n) is 5.27. The van der Waals surface area contributed by atoms with Crippen molar-refractivity contribution in [1.82, 2.24) is 10.3 Å². The Hall–Kier alpha value is -2.27. The predicted octanol–water partition coefficient (Wildman–Crippen LogP) is 4.65. The number of aryl methyl sites for hydroxylation is 1. The average Bonchev–Trinajstić information content (AvgIpc) is 3.30. The van der Waals surface area contributed by atoms with E-state index in [9.17, 15) is 4.79 Å². The standard InChI is InChI=1S/C22H24BrN3O/c23-19-8-2-4-10-21(19)26-13-12-17(15-26)25-22(27)11-5-6-16-14-24-20-9-3-1-7-18(16)20/h1-4,7-10,14,17,24H,5-6,11-13,15H2,(H,25,27). The summed E-state index contributed by atoms with van der Waals surface area (Å²) in [4.78, 5) is 18.0. The van der Waals surface area contributed by atoms with Crippen LogP contribution in [-0.2, 0) is 11.2 Å². The number of hydrogen-bond acceptors (Lipinski definition) is 2. The Balaban J connectivity index is 1.25. The molecule has 1 amide bonds. The number of nitrogens with one attached hydrogen (secondary N) is 2. The Morgan fingerprint density at radius 2 is 2.00 bits per heavy atom. The van der Waals surface area contributed by atoms with Gasteiger partial charge in [0.15, 0.2) is 0 Å². The van der Waals surface area contributed by atoms with E-state index in [1.165, 1.54) is 16.6 Å². The topological polar surface area (TPSA) is 48.1 Å². The average molecular weight is 426 g/mol. The molecule has 3 aromatic rings. The van der Waals surface area contributed by atoms with Crippen molar-refractivity contribution in [3.8, 4) is 0 Å². The van der Waals surface area contributed by atoms with Crippen LogP contribution in [0.25, 0.3) is 10.9 Å². The molecular weight excluding hydrogens is 402 g/mol. The first-order valence-electron chi connectivity index (χ1n) is 9.54. The van der Waals surface area contributed by atoms with Crippen molar-refractivity contribution in [3.05, 3.63) is 64.8 Å². The molecule has 1 fully saturated rings. The van der Waals surface area contributed by atoms with Gasteiger partial charge in [0, 0.05) is 47.1 Å². The molecule has 0 radical (unpaired) electrons. The van der Waals surface area contributed by atoms with E-state index < -0.39 is 0 Å². The zero-order chi connectivity index (χ0) is 18.6. The van der Waals surface area contributed by atoms with Gasteiger partial charge in [-0.2, -0.15) is 0 Å². The normalized spacial score (nSPS) is 16.8. The van der Waals surface area contributed by atoms with Gasteiger partial charge in [0.25, 0.3) is 0 Å². The third-order valence-corrected chi connectivity index (χ3v) is 5.94. The van der Waals surface area contributed by atoms with Gasteiger partial charge in [0.1, 0.15) is 0 Å². The highest BCUT2D eigenvalue weighted by molar-refractivity contribution is 9.10. The molecule has 1 aliphatic rings. The van der Waals surface area contributed by atoms with Gasteiger partial charge in [0.2, 0.25) is 5.91 Å². The molecule has 0 spiro atoms. The number of para-hydroxylation sites is 2. The molecule has 2 heterocycles. The minimum absolute atomic E-state index is 0.161. The molecule has 2 aromatic carbocycles. The van der Waals surface area contributed by atoms with Gasteiger partial charge in [-0.1, -0.05) is 30.3 Å². The number of benzene rings is 2. The quantitative estimate of drug-likeness (QED) is 0.603. The lowest BCUT2D eigenvalue weighted by Gasteiger charge is -2.20. The number of hydrogen-bond donors (Lipinski definition) is 2. The van der Waals surface area contributed by atoms with Crippen LogP contribution in [0.4, 0.5) is 5.69 Å². The minimum Gasteiger partial charge on any atom is -0.368 e. The van der Waals surface area contributed by atoms with Crippen molar-refractivity contribution in [1.29, 1.82) is 0 Å². The summed E-state index contributed by atoms with van der Waals surface area (Å²) in [6, 6.07) is 16.8. The van der Waals surface area contributed by atoms with E-state index in [1.807, 2.05) is 12.1 Å². The molecule has 27 heavy (non-hydrogen) atoms. The van der Waals surface area contributed by atoms with E-state index >= 15 is 0 Å². The predicted molar refractivity (Wildman–Crippen MR) is 114 cm³/mol. The SMILES string of the molecule is O=C(CCCc1c[nH]c2ccccc12)NC1CCN(c2ccccc2Br)C1. The molecule has 1 aromatic heterocycles. The molecule has 1 saturated heterocycles. The number of fused-ring (bicyclic) bond motifs is 1. The maximum Gasteiger partial charge on any atom is 0.220 e. The van der Waals surface area contributed by atoms with Crippen LogP contribution >= 0.6 is 15.9 Å². The maximum absolute atomic E-state index is 12.4. The minimum atomic E-state index is 0.161. The summed E-state index contributed by atoms with van der Waals surface area (Å²) >= 11 is 3.62. The Bertz CT molecular complexity index is 936. The molecule has 0 aliphatic carbocycles. The molecule has 1 unspecified atom stereocenters. The second kappa shape index (κ2) is 8.17. The monoisotopic (exact) mass is 425 g/mol. The number of halogens is 1. The third kappa shape index (κ3) is 4.19. The van der Waals surface area contributed by atoms with Crippen LogP contribution in [0.5, 0.6) is 0 Å². The number of nitrogens with zero attached hydrogens (tertiary/aromatic N) is 1. The first-order valence-corrected chi connectivity index (χ1v) is 10.3. The first-order chi connectivity index (χ1) is 13.2.